The molecule has 0 aliphatic carbocycles. The number of aliphatic hydroxyl groups is 5. The molecule has 9 unspecified atom stereocenters. The van der Waals surface area contributed by atoms with E-state index < -0.39 is 126 Å². The maximum Gasteiger partial charge on any atom is 0.407 e. The number of amides is 4. The lowest BCUT2D eigenvalue weighted by molar-refractivity contribution is -0.233. The van der Waals surface area contributed by atoms with Gasteiger partial charge in [0.1, 0.15) is 54.4 Å². The Morgan fingerprint density at radius 2 is 1.52 bits per heavy atom. The van der Waals surface area contributed by atoms with Crippen LogP contribution in [0.5, 0.6) is 0 Å². The van der Waals surface area contributed by atoms with Crippen LogP contribution in [0.2, 0.25) is 0 Å². The third-order valence-electron chi connectivity index (χ3n) is 11.9. The van der Waals surface area contributed by atoms with E-state index in [1.165, 1.54) is 56.0 Å². The first-order valence-corrected chi connectivity index (χ1v) is 22.1. The van der Waals surface area contributed by atoms with E-state index in [1.807, 2.05) is 4.98 Å². The van der Waals surface area contributed by atoms with Crippen LogP contribution in [0.4, 0.5) is 4.79 Å². The van der Waals surface area contributed by atoms with Crippen molar-refractivity contribution in [3.8, 4) is 0 Å². The molecule has 0 radical (unpaired) electrons. The Morgan fingerprint density at radius 3 is 2.11 bits per heavy atom. The van der Waals surface area contributed by atoms with Gasteiger partial charge < -0.3 is 55.1 Å². The number of likely N-dealkylation sites (tertiary alicyclic amines) is 1. The Labute approximate surface area is 367 Å². The quantitative estimate of drug-likeness (QED) is 0.0506. The van der Waals surface area contributed by atoms with Crippen LogP contribution < -0.4 is 21.9 Å². The molecule has 0 aromatic carbocycles. The zero-order chi connectivity index (χ0) is 46.8. The van der Waals surface area contributed by atoms with E-state index in [2.05, 4.69) is 17.6 Å². The molecule has 8 N–H and O–H groups in total. The molecular formula is C42H70N6O15. The lowest BCUT2D eigenvalue weighted by Gasteiger charge is -2.39. The molecule has 3 aliphatic rings. The Hall–Kier alpha value is -3.80. The van der Waals surface area contributed by atoms with Crippen LogP contribution in [0.15, 0.2) is 21.9 Å². The SMILES string of the molecule is CCCCCCCCCCCCN1C(=O)C(C)[C@@H]([C@@H](O)CN(C)[C@H](C(=O)NC)[C@H](OC2OC(CNC(=O)OC(C)(C)C)C(O)C2O)C2OC(n3ccc(=O)[nH]c3=O)C(O)C2O)C1=O. The van der Waals surface area contributed by atoms with Crippen LogP contribution >= 0.6 is 0 Å². The van der Waals surface area contributed by atoms with Gasteiger partial charge in [-0.3, -0.25) is 38.5 Å². The Balaban J connectivity index is 1.54. The molecule has 4 amide bonds. The first-order chi connectivity index (χ1) is 29.7. The maximum absolute atomic E-state index is 13.9. The number of hydrogen-bond acceptors (Lipinski definition) is 16. The molecule has 0 bridgehead atoms. The van der Waals surface area contributed by atoms with Crippen LogP contribution in [0, 0.1) is 11.8 Å². The molecule has 3 aliphatic heterocycles. The lowest BCUT2D eigenvalue weighted by atomic mass is 9.90. The molecule has 13 atom stereocenters. The third kappa shape index (κ3) is 13.4. The second-order valence-corrected chi connectivity index (χ2v) is 17.9. The van der Waals surface area contributed by atoms with Crippen LogP contribution in [0.25, 0.3) is 0 Å². The summed E-state index contributed by atoms with van der Waals surface area (Å²) in [5.74, 6) is -3.84. The molecule has 21 heteroatoms. The minimum atomic E-state index is -1.91. The molecule has 1 aromatic heterocycles. The molecule has 0 spiro atoms. The first kappa shape index (κ1) is 51.8. The number of rotatable bonds is 23. The van der Waals surface area contributed by atoms with Crippen molar-refractivity contribution in [3.05, 3.63) is 33.1 Å². The van der Waals surface area contributed by atoms with Crippen molar-refractivity contribution < 1.29 is 63.7 Å². The van der Waals surface area contributed by atoms with Gasteiger partial charge in [0.2, 0.25) is 17.7 Å². The molecule has 63 heavy (non-hydrogen) atoms. The van der Waals surface area contributed by atoms with Crippen molar-refractivity contribution >= 4 is 23.8 Å². The number of aromatic amines is 1. The van der Waals surface area contributed by atoms with Gasteiger partial charge in [0.15, 0.2) is 12.5 Å². The molecular weight excluding hydrogens is 828 g/mol. The van der Waals surface area contributed by atoms with Crippen molar-refractivity contribution in [2.45, 2.75) is 172 Å². The number of likely N-dealkylation sites (N-methyl/N-ethyl adjacent to an activating group) is 2. The first-order valence-electron chi connectivity index (χ1n) is 22.1. The predicted octanol–water partition coefficient (Wildman–Crippen LogP) is -0.538. The topological polar surface area (TPSA) is 292 Å². The number of nitrogens with zero attached hydrogens (tertiary/aromatic N) is 3. The van der Waals surface area contributed by atoms with Gasteiger partial charge in [-0.15, -0.1) is 0 Å². The number of carbonyl (C=O) groups excluding carboxylic acids is 4. The fourth-order valence-electron chi connectivity index (χ4n) is 8.44. The van der Waals surface area contributed by atoms with Gasteiger partial charge in [0.05, 0.1) is 12.0 Å². The van der Waals surface area contributed by atoms with E-state index in [0.717, 1.165) is 42.5 Å². The number of alkyl carbamates (subject to hydrolysis) is 1. The number of hydrogen-bond donors (Lipinski definition) is 8. The standard InChI is InChI=1S/C42H70N6O15/c1-8-9-10-11-12-13-14-15-16-17-19-47-36(56)23(2)27(37(47)57)24(49)22-46(7)28(35(55)43-6)33(34-30(52)31(53)38(61-34)48-20-18-26(50)45-40(48)58)62-39-32(54)29(51)25(60-39)21-44-41(59)63-42(3,4)5/h18,20,23-25,27-34,38-39,49,51-54H,8-17,19,21-22H2,1-7H3,(H,43,55)(H,44,59)(H,45,50,58)/t23?,24-,25?,27-,28-,29?,30?,31?,32?,33-,34?,38?,39?/m0/s1. The maximum atomic E-state index is 13.9. The van der Waals surface area contributed by atoms with E-state index in [-0.39, 0.29) is 13.1 Å². The summed E-state index contributed by atoms with van der Waals surface area (Å²) < 4.78 is 24.1. The number of nitrogens with one attached hydrogen (secondary N) is 3. The lowest BCUT2D eigenvalue weighted by Crippen LogP contribution is -2.61. The molecule has 3 saturated heterocycles. The number of ether oxygens (including phenoxy) is 4. The highest BCUT2D eigenvalue weighted by Crippen LogP contribution is 2.36. The summed E-state index contributed by atoms with van der Waals surface area (Å²) in [5.41, 5.74) is -2.59. The molecule has 3 fully saturated rings. The number of imide groups is 1. The average molecular weight is 899 g/mol. The Morgan fingerprint density at radius 1 is 0.905 bits per heavy atom. The Kier molecular flexibility index (Phi) is 19.3. The van der Waals surface area contributed by atoms with Crippen LogP contribution in [-0.2, 0) is 33.3 Å². The third-order valence-corrected chi connectivity index (χ3v) is 11.9. The van der Waals surface area contributed by atoms with E-state index in [9.17, 15) is 54.3 Å². The number of H-pyrrole nitrogens is 1. The van der Waals surface area contributed by atoms with Crippen molar-refractivity contribution in [3.63, 3.8) is 0 Å². The van der Waals surface area contributed by atoms with E-state index in [0.29, 0.717) is 6.42 Å². The fraction of sp³-hybridized carbons (Fsp3) is 0.810. The predicted molar refractivity (Wildman–Crippen MR) is 225 cm³/mol. The van der Waals surface area contributed by atoms with Gasteiger partial charge in [0.25, 0.3) is 5.56 Å². The Bertz CT molecular complexity index is 1790. The molecule has 4 heterocycles. The van der Waals surface area contributed by atoms with E-state index >= 15 is 0 Å². The van der Waals surface area contributed by atoms with Gasteiger partial charge in [-0.1, -0.05) is 71.6 Å². The zero-order valence-electron chi connectivity index (χ0n) is 37.5. The van der Waals surface area contributed by atoms with Gasteiger partial charge in [-0.25, -0.2) is 9.59 Å². The van der Waals surface area contributed by atoms with Crippen molar-refractivity contribution in [2.75, 3.05) is 33.7 Å². The summed E-state index contributed by atoms with van der Waals surface area (Å²) in [7, 11) is 2.68. The van der Waals surface area contributed by atoms with Crippen molar-refractivity contribution in [2.24, 2.45) is 11.8 Å². The van der Waals surface area contributed by atoms with Gasteiger partial charge in [0, 0.05) is 44.9 Å². The molecule has 1 aromatic rings. The number of aromatic nitrogens is 2. The van der Waals surface area contributed by atoms with E-state index in [4.69, 9.17) is 18.9 Å². The van der Waals surface area contributed by atoms with Gasteiger partial charge in [-0.05, 0) is 34.2 Å². The molecule has 358 valence electrons. The normalized spacial score (nSPS) is 29.0. The fourth-order valence-corrected chi connectivity index (χ4v) is 8.44. The highest BCUT2D eigenvalue weighted by molar-refractivity contribution is 6.05. The molecule has 21 nitrogen and oxygen atoms in total. The summed E-state index contributed by atoms with van der Waals surface area (Å²) >= 11 is 0. The molecule has 4 rings (SSSR count). The van der Waals surface area contributed by atoms with E-state index in [1.54, 1.807) is 27.7 Å². The van der Waals surface area contributed by atoms with Crippen LogP contribution in [0.3, 0.4) is 0 Å². The minimum Gasteiger partial charge on any atom is -0.444 e. The number of unbranched alkanes of at least 4 members (excludes halogenated alkanes) is 9. The largest absolute Gasteiger partial charge is 0.444 e. The van der Waals surface area contributed by atoms with Crippen LogP contribution in [-0.4, -0.2) is 169 Å². The summed E-state index contributed by atoms with van der Waals surface area (Å²) in [6, 6.07) is -0.614. The van der Waals surface area contributed by atoms with Crippen LogP contribution in [0.1, 0.15) is 105 Å². The van der Waals surface area contributed by atoms with Crippen molar-refractivity contribution in [1.29, 1.82) is 0 Å². The molecule has 0 saturated carbocycles. The summed E-state index contributed by atoms with van der Waals surface area (Å²) in [6.45, 7) is 8.10. The smallest absolute Gasteiger partial charge is 0.407 e. The number of aliphatic hydroxyl groups excluding tert-OH is 5. The highest BCUT2D eigenvalue weighted by Gasteiger charge is 2.55. The second-order valence-electron chi connectivity index (χ2n) is 17.9. The van der Waals surface area contributed by atoms with Gasteiger partial charge >= 0.3 is 11.8 Å². The highest BCUT2D eigenvalue weighted by atomic mass is 16.7. The zero-order valence-corrected chi connectivity index (χ0v) is 37.5. The monoisotopic (exact) mass is 898 g/mol. The summed E-state index contributed by atoms with van der Waals surface area (Å²) in [6.07, 6.45) is -6.01. The minimum absolute atomic E-state index is 0.205. The summed E-state index contributed by atoms with van der Waals surface area (Å²) in [5, 5.41) is 61.4. The number of carbonyl (C=O) groups is 4. The van der Waals surface area contributed by atoms with Gasteiger partial charge in [-0.2, -0.15) is 0 Å². The average Bonchev–Trinajstić information content (AvgIpc) is 3.74. The second kappa shape index (κ2) is 23.4. The van der Waals surface area contributed by atoms with Crippen molar-refractivity contribution in [1.82, 2.24) is 30.0 Å². The summed E-state index contributed by atoms with van der Waals surface area (Å²) in [4.78, 5) is 82.4.